The summed E-state index contributed by atoms with van der Waals surface area (Å²) in [6.45, 7) is 3.27. The van der Waals surface area contributed by atoms with E-state index >= 15 is 0 Å². The van der Waals surface area contributed by atoms with E-state index in [4.69, 9.17) is 0 Å². The van der Waals surface area contributed by atoms with E-state index in [1.807, 2.05) is 0 Å². The topological polar surface area (TPSA) is 15.3 Å². The number of rotatable bonds is 1. The lowest BCUT2D eigenvalue weighted by molar-refractivity contribution is 0.622. The van der Waals surface area contributed by atoms with E-state index in [-0.39, 0.29) is 0 Å². The third kappa shape index (κ3) is 1.61. The molecular weight excluding hydrogens is 240 g/mol. The molecule has 2 nitrogen and oxygen atoms in total. The first-order valence-corrected chi connectivity index (χ1v) is 5.78. The second kappa shape index (κ2) is 3.81. The Kier molecular flexibility index (Phi) is 2.68. The normalized spacial score (nSPS) is 20.2. The Morgan fingerprint density at radius 2 is 2.36 bits per heavy atom. The molecule has 1 unspecified atom stereocenters. The van der Waals surface area contributed by atoms with Crippen molar-refractivity contribution in [2.45, 2.75) is 19.4 Å². The van der Waals surface area contributed by atoms with Crippen molar-refractivity contribution in [1.82, 2.24) is 0 Å². The van der Waals surface area contributed by atoms with Gasteiger partial charge in [0.15, 0.2) is 0 Å². The Bertz CT molecular complexity index is 338. The second-order valence-corrected chi connectivity index (χ2v) is 4.63. The molecule has 1 aromatic carbocycles. The van der Waals surface area contributed by atoms with Crippen LogP contribution in [-0.2, 0) is 0 Å². The van der Waals surface area contributed by atoms with Crippen LogP contribution in [0.15, 0.2) is 22.7 Å². The van der Waals surface area contributed by atoms with Crippen LogP contribution in [0.4, 0.5) is 11.4 Å². The van der Waals surface area contributed by atoms with Gasteiger partial charge in [0.1, 0.15) is 0 Å². The van der Waals surface area contributed by atoms with Crippen molar-refractivity contribution >= 4 is 27.3 Å². The SMILES string of the molecule is CCC1CNc2ccc(Br)cc2N1C. The van der Waals surface area contributed by atoms with Gasteiger partial charge in [0, 0.05) is 24.1 Å². The summed E-state index contributed by atoms with van der Waals surface area (Å²) in [5.41, 5.74) is 2.53. The third-order valence-electron chi connectivity index (χ3n) is 2.89. The fraction of sp³-hybridized carbons (Fsp3) is 0.455. The first-order chi connectivity index (χ1) is 6.72. The summed E-state index contributed by atoms with van der Waals surface area (Å²) in [4.78, 5) is 2.36. The highest BCUT2D eigenvalue weighted by molar-refractivity contribution is 9.10. The molecule has 0 bridgehead atoms. The first kappa shape index (κ1) is 9.84. The van der Waals surface area contributed by atoms with E-state index in [0.717, 1.165) is 11.0 Å². The van der Waals surface area contributed by atoms with E-state index in [1.54, 1.807) is 0 Å². The molecule has 0 fully saturated rings. The van der Waals surface area contributed by atoms with Crippen molar-refractivity contribution in [2.24, 2.45) is 0 Å². The van der Waals surface area contributed by atoms with E-state index in [2.05, 4.69) is 58.3 Å². The van der Waals surface area contributed by atoms with Gasteiger partial charge in [-0.15, -0.1) is 0 Å². The molecule has 1 N–H and O–H groups in total. The number of anilines is 2. The quantitative estimate of drug-likeness (QED) is 0.829. The molecule has 1 aliphatic rings. The molecule has 0 aliphatic carbocycles. The zero-order valence-electron chi connectivity index (χ0n) is 8.55. The van der Waals surface area contributed by atoms with Gasteiger partial charge >= 0.3 is 0 Å². The van der Waals surface area contributed by atoms with Gasteiger partial charge in [0.05, 0.1) is 11.4 Å². The Labute approximate surface area is 93.4 Å². The average Bonchev–Trinajstić information content (AvgIpc) is 2.20. The second-order valence-electron chi connectivity index (χ2n) is 3.72. The van der Waals surface area contributed by atoms with E-state index in [1.165, 1.54) is 17.8 Å². The van der Waals surface area contributed by atoms with Gasteiger partial charge in [-0.25, -0.2) is 0 Å². The van der Waals surface area contributed by atoms with Crippen LogP contribution in [-0.4, -0.2) is 19.6 Å². The van der Waals surface area contributed by atoms with Crippen LogP contribution in [0.1, 0.15) is 13.3 Å². The maximum Gasteiger partial charge on any atom is 0.0613 e. The van der Waals surface area contributed by atoms with Crippen LogP contribution in [0.3, 0.4) is 0 Å². The van der Waals surface area contributed by atoms with Gasteiger partial charge in [-0.2, -0.15) is 0 Å². The standard InChI is InChI=1S/C11H15BrN2/c1-3-9-7-13-10-5-4-8(12)6-11(10)14(9)2/h4-6,9,13H,3,7H2,1-2H3. The largest absolute Gasteiger partial charge is 0.381 e. The van der Waals surface area contributed by atoms with Crippen molar-refractivity contribution in [1.29, 1.82) is 0 Å². The first-order valence-electron chi connectivity index (χ1n) is 4.98. The van der Waals surface area contributed by atoms with Crippen molar-refractivity contribution in [3.8, 4) is 0 Å². The van der Waals surface area contributed by atoms with Crippen LogP contribution >= 0.6 is 15.9 Å². The minimum Gasteiger partial charge on any atom is -0.381 e. The molecule has 1 aliphatic heterocycles. The number of halogens is 1. The van der Waals surface area contributed by atoms with E-state index in [0.29, 0.717) is 6.04 Å². The van der Waals surface area contributed by atoms with Gasteiger partial charge in [-0.1, -0.05) is 22.9 Å². The van der Waals surface area contributed by atoms with Crippen LogP contribution < -0.4 is 10.2 Å². The fourth-order valence-corrected chi connectivity index (χ4v) is 2.27. The number of nitrogens with zero attached hydrogens (tertiary/aromatic N) is 1. The highest BCUT2D eigenvalue weighted by Crippen LogP contribution is 2.33. The molecule has 2 rings (SSSR count). The zero-order chi connectivity index (χ0) is 10.1. The van der Waals surface area contributed by atoms with Crippen molar-refractivity contribution in [2.75, 3.05) is 23.8 Å². The molecule has 1 atom stereocenters. The summed E-state index contributed by atoms with van der Waals surface area (Å²) >= 11 is 3.51. The highest BCUT2D eigenvalue weighted by atomic mass is 79.9. The Hall–Kier alpha value is -0.700. The Morgan fingerprint density at radius 3 is 3.07 bits per heavy atom. The molecule has 1 aromatic rings. The highest BCUT2D eigenvalue weighted by Gasteiger charge is 2.21. The summed E-state index contributed by atoms with van der Waals surface area (Å²) < 4.78 is 1.14. The fourth-order valence-electron chi connectivity index (χ4n) is 1.93. The molecule has 76 valence electrons. The molecule has 1 heterocycles. The van der Waals surface area contributed by atoms with Crippen molar-refractivity contribution < 1.29 is 0 Å². The lowest BCUT2D eigenvalue weighted by atomic mass is 10.1. The smallest absolute Gasteiger partial charge is 0.0613 e. The Balaban J connectivity index is 2.38. The van der Waals surface area contributed by atoms with Crippen LogP contribution in [0, 0.1) is 0 Å². The van der Waals surface area contributed by atoms with Crippen LogP contribution in [0.2, 0.25) is 0 Å². The van der Waals surface area contributed by atoms with Crippen molar-refractivity contribution in [3.63, 3.8) is 0 Å². The lowest BCUT2D eigenvalue weighted by Crippen LogP contribution is -2.40. The predicted molar refractivity (Wildman–Crippen MR) is 65.1 cm³/mol. The molecular formula is C11H15BrN2. The molecule has 14 heavy (non-hydrogen) atoms. The summed E-state index contributed by atoms with van der Waals surface area (Å²) in [6, 6.07) is 6.98. The number of hydrogen-bond acceptors (Lipinski definition) is 2. The minimum absolute atomic E-state index is 0.608. The average molecular weight is 255 g/mol. The number of hydrogen-bond donors (Lipinski definition) is 1. The summed E-state index contributed by atoms with van der Waals surface area (Å²) in [5.74, 6) is 0. The van der Waals surface area contributed by atoms with Crippen LogP contribution in [0.5, 0.6) is 0 Å². The minimum atomic E-state index is 0.608. The lowest BCUT2D eigenvalue weighted by Gasteiger charge is -2.36. The number of nitrogens with one attached hydrogen (secondary N) is 1. The number of benzene rings is 1. The van der Waals surface area contributed by atoms with Gasteiger partial charge < -0.3 is 10.2 Å². The number of fused-ring (bicyclic) bond motifs is 1. The maximum absolute atomic E-state index is 3.51. The van der Waals surface area contributed by atoms with Gasteiger partial charge in [-0.05, 0) is 24.6 Å². The van der Waals surface area contributed by atoms with Gasteiger partial charge in [0.25, 0.3) is 0 Å². The molecule has 0 radical (unpaired) electrons. The summed E-state index contributed by atoms with van der Waals surface area (Å²) in [7, 11) is 2.17. The molecule has 0 saturated heterocycles. The van der Waals surface area contributed by atoms with E-state index < -0.39 is 0 Å². The molecule has 0 aromatic heterocycles. The summed E-state index contributed by atoms with van der Waals surface area (Å²) in [6.07, 6.45) is 1.18. The molecule has 0 amide bonds. The molecule has 3 heteroatoms. The number of likely N-dealkylation sites (N-methyl/N-ethyl adjacent to an activating group) is 1. The third-order valence-corrected chi connectivity index (χ3v) is 3.38. The van der Waals surface area contributed by atoms with E-state index in [9.17, 15) is 0 Å². The van der Waals surface area contributed by atoms with Crippen molar-refractivity contribution in [3.05, 3.63) is 22.7 Å². The van der Waals surface area contributed by atoms with Gasteiger partial charge in [0.2, 0.25) is 0 Å². The monoisotopic (exact) mass is 254 g/mol. The Morgan fingerprint density at radius 1 is 1.57 bits per heavy atom. The summed E-state index contributed by atoms with van der Waals surface area (Å²) in [5, 5.41) is 3.46. The van der Waals surface area contributed by atoms with Gasteiger partial charge in [-0.3, -0.25) is 0 Å². The molecule has 0 spiro atoms. The predicted octanol–water partition coefficient (Wildman–Crippen LogP) is 3.09. The maximum atomic E-state index is 3.51. The van der Waals surface area contributed by atoms with Crippen LogP contribution in [0.25, 0.3) is 0 Å². The molecule has 0 saturated carbocycles. The zero-order valence-corrected chi connectivity index (χ0v) is 10.1.